The summed E-state index contributed by atoms with van der Waals surface area (Å²) < 4.78 is 15.6. The molecule has 1 heterocycles. The number of rotatable bonds is 7. The molecule has 1 N–H and O–H groups in total. The lowest BCUT2D eigenvalue weighted by atomic mass is 10.1. The molecular weight excluding hydrogens is 372 g/mol. The van der Waals surface area contributed by atoms with E-state index in [0.717, 1.165) is 5.56 Å². The second-order valence-electron chi connectivity index (χ2n) is 5.83. The van der Waals surface area contributed by atoms with Gasteiger partial charge in [-0.1, -0.05) is 0 Å². The molecule has 0 bridgehead atoms. The Morgan fingerprint density at radius 3 is 2.14 bits per heavy atom. The van der Waals surface area contributed by atoms with Crippen molar-refractivity contribution < 1.29 is 19.0 Å². The van der Waals surface area contributed by atoms with Crippen LogP contribution in [-0.2, 0) is 0 Å². The zero-order valence-corrected chi connectivity index (χ0v) is 16.2. The molecule has 0 fully saturated rings. The predicted molar refractivity (Wildman–Crippen MR) is 109 cm³/mol. The number of aromatic nitrogens is 2. The normalized spacial score (nSPS) is 10.6. The molecule has 0 spiro atoms. The highest BCUT2D eigenvalue weighted by Crippen LogP contribution is 2.23. The number of hydrogen-bond donors (Lipinski definition) is 1. The van der Waals surface area contributed by atoms with E-state index in [9.17, 15) is 4.79 Å². The summed E-state index contributed by atoms with van der Waals surface area (Å²) in [5.41, 5.74) is 4.54. The van der Waals surface area contributed by atoms with Gasteiger partial charge in [0.15, 0.2) is 5.69 Å². The van der Waals surface area contributed by atoms with Crippen LogP contribution in [0.15, 0.2) is 60.0 Å². The van der Waals surface area contributed by atoms with E-state index in [-0.39, 0.29) is 5.69 Å². The summed E-state index contributed by atoms with van der Waals surface area (Å²) in [7, 11) is 4.71. The molecule has 2 aromatic carbocycles. The molecule has 3 rings (SSSR count). The first-order valence-electron chi connectivity index (χ1n) is 8.66. The fraction of sp³-hybridized carbons (Fsp3) is 0.143. The van der Waals surface area contributed by atoms with Crippen molar-refractivity contribution in [1.29, 1.82) is 0 Å². The van der Waals surface area contributed by atoms with Crippen LogP contribution in [0.5, 0.6) is 17.2 Å². The lowest BCUT2D eigenvalue weighted by Gasteiger charge is -2.07. The average molecular weight is 392 g/mol. The Morgan fingerprint density at radius 1 is 0.897 bits per heavy atom. The van der Waals surface area contributed by atoms with Gasteiger partial charge in [0.2, 0.25) is 0 Å². The van der Waals surface area contributed by atoms with Gasteiger partial charge in [-0.05, 0) is 36.4 Å². The molecule has 8 nitrogen and oxygen atoms in total. The van der Waals surface area contributed by atoms with E-state index in [1.54, 1.807) is 51.7 Å². The first-order chi connectivity index (χ1) is 14.1. The molecule has 0 saturated heterocycles. The lowest BCUT2D eigenvalue weighted by molar-refractivity contribution is 0.0950. The summed E-state index contributed by atoms with van der Waals surface area (Å²) in [5.74, 6) is 1.47. The summed E-state index contributed by atoms with van der Waals surface area (Å²) in [4.78, 5) is 21.0. The number of hydrazone groups is 1. The fourth-order valence-corrected chi connectivity index (χ4v) is 2.59. The molecule has 0 radical (unpaired) electrons. The number of benzene rings is 2. The Bertz CT molecular complexity index is 997. The highest BCUT2D eigenvalue weighted by molar-refractivity contribution is 5.98. The van der Waals surface area contributed by atoms with Gasteiger partial charge in [0.25, 0.3) is 5.91 Å². The van der Waals surface area contributed by atoms with Crippen molar-refractivity contribution in [3.8, 4) is 28.5 Å². The molecule has 3 aromatic rings. The Kier molecular flexibility index (Phi) is 6.36. The van der Waals surface area contributed by atoms with E-state index in [4.69, 9.17) is 14.2 Å². The highest BCUT2D eigenvalue weighted by Gasteiger charge is 2.15. The molecule has 0 aliphatic rings. The van der Waals surface area contributed by atoms with E-state index in [1.165, 1.54) is 18.6 Å². The standard InChI is InChI=1S/C21H20N4O4/c1-27-16-6-4-15(5-7-16)19-20(23-9-8-22-19)21(26)25-24-13-14-10-17(28-2)12-18(11-14)29-3/h4-13H,1-3H3,(H,25,26). The number of hydrogen-bond acceptors (Lipinski definition) is 7. The third-order valence-corrected chi connectivity index (χ3v) is 4.03. The van der Waals surface area contributed by atoms with Crippen LogP contribution < -0.4 is 19.6 Å². The Morgan fingerprint density at radius 2 is 1.52 bits per heavy atom. The van der Waals surface area contributed by atoms with Gasteiger partial charge < -0.3 is 14.2 Å². The predicted octanol–water partition coefficient (Wildman–Crippen LogP) is 2.93. The molecule has 0 aliphatic carbocycles. The van der Waals surface area contributed by atoms with E-state index < -0.39 is 5.91 Å². The molecule has 1 amide bonds. The van der Waals surface area contributed by atoms with Crippen molar-refractivity contribution in [2.24, 2.45) is 5.10 Å². The SMILES string of the molecule is COc1ccc(-c2nccnc2C(=O)NN=Cc2cc(OC)cc(OC)c2)cc1. The number of methoxy groups -OCH3 is 3. The maximum absolute atomic E-state index is 12.6. The smallest absolute Gasteiger partial charge is 0.292 e. The topological polar surface area (TPSA) is 94.9 Å². The first kappa shape index (κ1) is 19.8. The Labute approximate surface area is 168 Å². The van der Waals surface area contributed by atoms with Gasteiger partial charge in [0.05, 0.1) is 27.5 Å². The molecule has 0 aliphatic heterocycles. The monoisotopic (exact) mass is 392 g/mol. The third kappa shape index (κ3) is 4.86. The van der Waals surface area contributed by atoms with Crippen molar-refractivity contribution in [3.05, 3.63) is 66.1 Å². The van der Waals surface area contributed by atoms with Crippen LogP contribution in [0, 0.1) is 0 Å². The summed E-state index contributed by atoms with van der Waals surface area (Å²) in [6.45, 7) is 0. The Hall–Kier alpha value is -3.94. The minimum atomic E-state index is -0.477. The van der Waals surface area contributed by atoms with Gasteiger partial charge in [0, 0.05) is 29.6 Å². The van der Waals surface area contributed by atoms with Gasteiger partial charge in [-0.15, -0.1) is 0 Å². The fourth-order valence-electron chi connectivity index (χ4n) is 2.59. The number of amides is 1. The van der Waals surface area contributed by atoms with Gasteiger partial charge in [-0.2, -0.15) is 5.10 Å². The van der Waals surface area contributed by atoms with Crippen LogP contribution in [-0.4, -0.2) is 43.4 Å². The zero-order valence-electron chi connectivity index (χ0n) is 16.2. The maximum atomic E-state index is 12.6. The van der Waals surface area contributed by atoms with Crippen LogP contribution >= 0.6 is 0 Å². The largest absolute Gasteiger partial charge is 0.497 e. The van der Waals surface area contributed by atoms with Crippen LogP contribution in [0.3, 0.4) is 0 Å². The van der Waals surface area contributed by atoms with Crippen molar-refractivity contribution >= 4 is 12.1 Å². The van der Waals surface area contributed by atoms with Gasteiger partial charge >= 0.3 is 0 Å². The molecular formula is C21H20N4O4. The number of nitrogens with one attached hydrogen (secondary N) is 1. The molecule has 0 saturated carbocycles. The lowest BCUT2D eigenvalue weighted by Crippen LogP contribution is -2.20. The van der Waals surface area contributed by atoms with E-state index in [0.29, 0.717) is 28.5 Å². The van der Waals surface area contributed by atoms with Crippen LogP contribution in [0.1, 0.15) is 16.1 Å². The van der Waals surface area contributed by atoms with Gasteiger partial charge in [0.1, 0.15) is 22.9 Å². The maximum Gasteiger partial charge on any atom is 0.292 e. The number of ether oxygens (including phenoxy) is 3. The van der Waals surface area contributed by atoms with Crippen LogP contribution in [0.25, 0.3) is 11.3 Å². The van der Waals surface area contributed by atoms with E-state index in [2.05, 4.69) is 20.5 Å². The number of nitrogens with zero attached hydrogens (tertiary/aromatic N) is 3. The van der Waals surface area contributed by atoms with Crippen molar-refractivity contribution in [3.63, 3.8) is 0 Å². The highest BCUT2D eigenvalue weighted by atomic mass is 16.5. The molecule has 148 valence electrons. The summed E-state index contributed by atoms with van der Waals surface area (Å²) >= 11 is 0. The molecule has 8 heteroatoms. The Balaban J connectivity index is 1.79. The minimum absolute atomic E-state index is 0.165. The van der Waals surface area contributed by atoms with Crippen molar-refractivity contribution in [2.75, 3.05) is 21.3 Å². The van der Waals surface area contributed by atoms with Crippen LogP contribution in [0.4, 0.5) is 0 Å². The van der Waals surface area contributed by atoms with Gasteiger partial charge in [-0.3, -0.25) is 9.78 Å². The van der Waals surface area contributed by atoms with E-state index >= 15 is 0 Å². The molecule has 0 unspecified atom stereocenters. The average Bonchev–Trinajstić information content (AvgIpc) is 2.78. The van der Waals surface area contributed by atoms with Crippen LogP contribution in [0.2, 0.25) is 0 Å². The second kappa shape index (κ2) is 9.32. The quantitative estimate of drug-likeness (QED) is 0.491. The van der Waals surface area contributed by atoms with E-state index in [1.807, 2.05) is 12.1 Å². The van der Waals surface area contributed by atoms with Crippen molar-refractivity contribution in [1.82, 2.24) is 15.4 Å². The third-order valence-electron chi connectivity index (χ3n) is 4.03. The zero-order chi connectivity index (χ0) is 20.6. The van der Waals surface area contributed by atoms with Crippen molar-refractivity contribution in [2.45, 2.75) is 0 Å². The first-order valence-corrected chi connectivity index (χ1v) is 8.66. The molecule has 1 aromatic heterocycles. The number of carbonyl (C=O) groups is 1. The molecule has 0 atom stereocenters. The number of carbonyl (C=O) groups excluding carboxylic acids is 1. The summed E-state index contributed by atoms with van der Waals surface area (Å²) in [5, 5.41) is 4.01. The summed E-state index contributed by atoms with van der Waals surface area (Å²) in [6.07, 6.45) is 4.48. The van der Waals surface area contributed by atoms with Gasteiger partial charge in [-0.25, -0.2) is 10.4 Å². The summed E-state index contributed by atoms with van der Waals surface area (Å²) in [6, 6.07) is 12.5. The minimum Gasteiger partial charge on any atom is -0.497 e. The second-order valence-corrected chi connectivity index (χ2v) is 5.83. The molecule has 29 heavy (non-hydrogen) atoms.